The molecule has 1 rings (SSSR count). The number of rotatable bonds is 2. The van der Waals surface area contributed by atoms with Gasteiger partial charge in [-0.15, -0.1) is 0 Å². The van der Waals surface area contributed by atoms with Gasteiger partial charge in [0.1, 0.15) is 23.1 Å². The van der Waals surface area contributed by atoms with Crippen LogP contribution in [0.25, 0.3) is 0 Å². The van der Waals surface area contributed by atoms with E-state index in [0.717, 1.165) is 3.57 Å². The molecule has 0 heterocycles. The first-order chi connectivity index (χ1) is 6.24. The number of methoxy groups -OCH3 is 2. The molecule has 1 aromatic rings. The molecule has 0 aromatic heterocycles. The van der Waals surface area contributed by atoms with Crippen LogP contribution in [0.2, 0.25) is 0 Å². The molecular formula is C9H8INO2. The number of benzene rings is 1. The molecule has 0 aliphatic rings. The second kappa shape index (κ2) is 4.33. The van der Waals surface area contributed by atoms with E-state index in [1.54, 1.807) is 26.4 Å². The lowest BCUT2D eigenvalue weighted by molar-refractivity contribution is 0.399. The fourth-order valence-corrected chi connectivity index (χ4v) is 1.76. The van der Waals surface area contributed by atoms with Gasteiger partial charge < -0.3 is 9.47 Å². The van der Waals surface area contributed by atoms with Gasteiger partial charge in [0.25, 0.3) is 0 Å². The maximum atomic E-state index is 8.86. The van der Waals surface area contributed by atoms with Crippen LogP contribution in [-0.4, -0.2) is 14.2 Å². The molecule has 0 N–H and O–H groups in total. The summed E-state index contributed by atoms with van der Waals surface area (Å²) in [7, 11) is 3.11. The normalized spacial score (nSPS) is 9.08. The van der Waals surface area contributed by atoms with Crippen LogP contribution in [0.1, 0.15) is 5.56 Å². The van der Waals surface area contributed by atoms with E-state index >= 15 is 0 Å². The van der Waals surface area contributed by atoms with Crippen LogP contribution < -0.4 is 9.47 Å². The van der Waals surface area contributed by atoms with Crippen molar-refractivity contribution in [1.29, 1.82) is 5.26 Å². The van der Waals surface area contributed by atoms with E-state index in [0.29, 0.717) is 17.1 Å². The number of nitrogens with zero attached hydrogens (tertiary/aromatic N) is 1. The van der Waals surface area contributed by atoms with Crippen molar-refractivity contribution in [2.45, 2.75) is 0 Å². The van der Waals surface area contributed by atoms with E-state index in [1.807, 2.05) is 0 Å². The Morgan fingerprint density at radius 1 is 1.23 bits per heavy atom. The highest BCUT2D eigenvalue weighted by atomic mass is 127. The third kappa shape index (κ3) is 1.86. The number of ether oxygens (including phenoxy) is 2. The molecule has 0 radical (unpaired) electrons. The molecule has 0 aliphatic heterocycles. The van der Waals surface area contributed by atoms with Gasteiger partial charge >= 0.3 is 0 Å². The minimum absolute atomic E-state index is 0.516. The molecule has 3 nitrogen and oxygen atoms in total. The average Bonchev–Trinajstić information content (AvgIpc) is 2.17. The van der Waals surface area contributed by atoms with Gasteiger partial charge in [0, 0.05) is 0 Å². The van der Waals surface area contributed by atoms with E-state index < -0.39 is 0 Å². The van der Waals surface area contributed by atoms with Crippen molar-refractivity contribution in [1.82, 2.24) is 0 Å². The summed E-state index contributed by atoms with van der Waals surface area (Å²) in [4.78, 5) is 0. The Morgan fingerprint density at radius 3 is 2.23 bits per heavy atom. The summed E-state index contributed by atoms with van der Waals surface area (Å²) in [5.41, 5.74) is 0.516. The number of hydrogen-bond donors (Lipinski definition) is 0. The molecule has 4 heteroatoms. The van der Waals surface area contributed by atoms with Gasteiger partial charge in [0.15, 0.2) is 0 Å². The Kier molecular flexibility index (Phi) is 3.37. The molecule has 0 atom stereocenters. The Balaban J connectivity index is 3.34. The molecule has 0 aliphatic carbocycles. The Morgan fingerprint density at radius 2 is 1.77 bits per heavy atom. The Hall–Kier alpha value is -0.960. The SMILES string of the molecule is COc1ccc(OC)c(C#N)c1I. The van der Waals surface area contributed by atoms with Crippen LogP contribution in [0.15, 0.2) is 12.1 Å². The molecule has 1 aromatic carbocycles. The molecule has 68 valence electrons. The zero-order chi connectivity index (χ0) is 9.84. The van der Waals surface area contributed by atoms with Crippen LogP contribution >= 0.6 is 22.6 Å². The summed E-state index contributed by atoms with van der Waals surface area (Å²) < 4.78 is 10.9. The fourth-order valence-electron chi connectivity index (χ4n) is 0.971. The van der Waals surface area contributed by atoms with Gasteiger partial charge in [-0.25, -0.2) is 0 Å². The van der Waals surface area contributed by atoms with Crippen molar-refractivity contribution in [2.24, 2.45) is 0 Å². The van der Waals surface area contributed by atoms with Crippen LogP contribution in [0.3, 0.4) is 0 Å². The zero-order valence-corrected chi connectivity index (χ0v) is 9.45. The van der Waals surface area contributed by atoms with Crippen molar-refractivity contribution in [3.8, 4) is 17.6 Å². The molecule has 0 amide bonds. The molecular weight excluding hydrogens is 281 g/mol. The largest absolute Gasteiger partial charge is 0.496 e. The average molecular weight is 289 g/mol. The highest BCUT2D eigenvalue weighted by Crippen LogP contribution is 2.30. The van der Waals surface area contributed by atoms with Crippen molar-refractivity contribution in [3.05, 3.63) is 21.3 Å². The van der Waals surface area contributed by atoms with Gasteiger partial charge in [-0.1, -0.05) is 0 Å². The number of hydrogen-bond acceptors (Lipinski definition) is 3. The predicted octanol–water partition coefficient (Wildman–Crippen LogP) is 2.18. The van der Waals surface area contributed by atoms with E-state index in [1.165, 1.54) is 0 Å². The zero-order valence-electron chi connectivity index (χ0n) is 7.30. The van der Waals surface area contributed by atoms with Crippen LogP contribution in [-0.2, 0) is 0 Å². The fraction of sp³-hybridized carbons (Fsp3) is 0.222. The number of nitriles is 1. The van der Waals surface area contributed by atoms with Gasteiger partial charge in [-0.2, -0.15) is 5.26 Å². The molecule has 0 bridgehead atoms. The van der Waals surface area contributed by atoms with Crippen molar-refractivity contribution in [3.63, 3.8) is 0 Å². The third-order valence-electron chi connectivity index (χ3n) is 1.62. The highest BCUT2D eigenvalue weighted by molar-refractivity contribution is 14.1. The molecule has 0 fully saturated rings. The van der Waals surface area contributed by atoms with Crippen LogP contribution in [0.4, 0.5) is 0 Å². The Bertz CT molecular complexity index is 357. The van der Waals surface area contributed by atoms with Gasteiger partial charge in [-0.3, -0.25) is 0 Å². The molecule has 0 spiro atoms. The first-order valence-corrected chi connectivity index (χ1v) is 4.63. The minimum Gasteiger partial charge on any atom is -0.496 e. The van der Waals surface area contributed by atoms with E-state index in [2.05, 4.69) is 28.7 Å². The lowest BCUT2D eigenvalue weighted by Crippen LogP contribution is -1.94. The van der Waals surface area contributed by atoms with Crippen molar-refractivity contribution in [2.75, 3.05) is 14.2 Å². The lowest BCUT2D eigenvalue weighted by Gasteiger charge is -2.07. The van der Waals surface area contributed by atoms with E-state index in [-0.39, 0.29) is 0 Å². The summed E-state index contributed by atoms with van der Waals surface area (Å²) in [6.07, 6.45) is 0. The maximum absolute atomic E-state index is 8.86. The van der Waals surface area contributed by atoms with E-state index in [9.17, 15) is 0 Å². The quantitative estimate of drug-likeness (QED) is 0.784. The molecule has 0 saturated heterocycles. The van der Waals surface area contributed by atoms with Crippen molar-refractivity contribution >= 4 is 22.6 Å². The maximum Gasteiger partial charge on any atom is 0.137 e. The van der Waals surface area contributed by atoms with Crippen molar-refractivity contribution < 1.29 is 9.47 Å². The summed E-state index contributed by atoms with van der Waals surface area (Å²) >= 11 is 2.06. The standard InChI is InChI=1S/C9H8INO2/c1-12-7-3-4-8(13-2)9(10)6(7)5-11/h3-4H,1-2H3. The Labute approximate surface area is 90.4 Å². The van der Waals surface area contributed by atoms with E-state index in [4.69, 9.17) is 14.7 Å². The topological polar surface area (TPSA) is 42.2 Å². The minimum atomic E-state index is 0.516. The number of halogens is 1. The summed E-state index contributed by atoms with van der Waals surface area (Å²) in [5, 5.41) is 8.86. The summed E-state index contributed by atoms with van der Waals surface area (Å²) in [5.74, 6) is 1.27. The first-order valence-electron chi connectivity index (χ1n) is 3.55. The summed E-state index contributed by atoms with van der Waals surface area (Å²) in [6, 6.07) is 5.58. The summed E-state index contributed by atoms with van der Waals surface area (Å²) in [6.45, 7) is 0. The third-order valence-corrected chi connectivity index (χ3v) is 2.69. The van der Waals surface area contributed by atoms with Gasteiger partial charge in [-0.05, 0) is 34.7 Å². The van der Waals surface area contributed by atoms with Crippen LogP contribution in [0.5, 0.6) is 11.5 Å². The van der Waals surface area contributed by atoms with Crippen LogP contribution in [0, 0.1) is 14.9 Å². The molecule has 0 unspecified atom stereocenters. The smallest absolute Gasteiger partial charge is 0.137 e. The highest BCUT2D eigenvalue weighted by Gasteiger charge is 2.11. The predicted molar refractivity (Wildman–Crippen MR) is 57.0 cm³/mol. The lowest BCUT2D eigenvalue weighted by atomic mass is 10.2. The van der Waals surface area contributed by atoms with Gasteiger partial charge in [0.2, 0.25) is 0 Å². The monoisotopic (exact) mass is 289 g/mol. The van der Waals surface area contributed by atoms with Gasteiger partial charge in [0.05, 0.1) is 17.8 Å². The second-order valence-corrected chi connectivity index (χ2v) is 3.35. The first kappa shape index (κ1) is 10.1. The second-order valence-electron chi connectivity index (χ2n) is 2.27. The molecule has 13 heavy (non-hydrogen) atoms. The molecule has 0 saturated carbocycles.